The van der Waals surface area contributed by atoms with Crippen LogP contribution in [0.4, 0.5) is 14.5 Å². The summed E-state index contributed by atoms with van der Waals surface area (Å²) >= 11 is 0. The highest BCUT2D eigenvalue weighted by Crippen LogP contribution is 2.27. The molecule has 0 aromatic heterocycles. The van der Waals surface area contributed by atoms with Crippen LogP contribution in [0.1, 0.15) is 36.2 Å². The highest BCUT2D eigenvalue weighted by Gasteiger charge is 2.36. The zero-order chi connectivity index (χ0) is 18.8. The van der Waals surface area contributed by atoms with E-state index in [0.717, 1.165) is 11.6 Å². The van der Waals surface area contributed by atoms with Gasteiger partial charge >= 0.3 is 0 Å². The molecule has 0 spiro atoms. The third-order valence-corrected chi connectivity index (χ3v) is 4.41. The van der Waals surface area contributed by atoms with E-state index in [2.05, 4.69) is 5.32 Å². The Kier molecular flexibility index (Phi) is 5.02. The number of hydrogen-bond donors (Lipinski definition) is 1. The molecule has 0 saturated heterocycles. The van der Waals surface area contributed by atoms with Gasteiger partial charge in [0.05, 0.1) is 5.69 Å². The van der Waals surface area contributed by atoms with E-state index in [1.165, 1.54) is 11.0 Å². The molecule has 0 unspecified atom stereocenters. The van der Waals surface area contributed by atoms with Gasteiger partial charge in [-0.25, -0.2) is 8.78 Å². The molecule has 2 amide bonds. The molecule has 136 valence electrons. The van der Waals surface area contributed by atoms with Crippen molar-refractivity contribution in [3.8, 4) is 0 Å². The average molecular weight is 358 g/mol. The van der Waals surface area contributed by atoms with Crippen molar-refractivity contribution in [2.75, 3.05) is 5.32 Å². The van der Waals surface area contributed by atoms with Gasteiger partial charge < -0.3 is 10.2 Å². The quantitative estimate of drug-likeness (QED) is 0.879. The van der Waals surface area contributed by atoms with Gasteiger partial charge in [0.15, 0.2) is 0 Å². The molecule has 0 radical (unpaired) electrons. The van der Waals surface area contributed by atoms with Gasteiger partial charge in [-0.2, -0.15) is 0 Å². The van der Waals surface area contributed by atoms with E-state index in [1.807, 2.05) is 26.0 Å². The lowest BCUT2D eigenvalue weighted by Crippen LogP contribution is -2.45. The standard InChI is InChI=1S/C20H20F2N2O2/c1-12(2)9-18(19(25)23-17-8-7-14(21)10-16(17)22)24-11-13-5-3-4-6-15(13)20(24)26/h3-8,10,12,18H,9,11H2,1-2H3,(H,23,25)/t18-/m1/s1. The SMILES string of the molecule is CC(C)C[C@H](C(=O)Nc1ccc(F)cc1F)N1Cc2ccccc2C1=O. The van der Waals surface area contributed by atoms with Gasteiger partial charge in [0, 0.05) is 18.2 Å². The fraction of sp³-hybridized carbons (Fsp3) is 0.300. The number of nitrogens with zero attached hydrogens (tertiary/aromatic N) is 1. The molecule has 2 aromatic carbocycles. The van der Waals surface area contributed by atoms with E-state index >= 15 is 0 Å². The van der Waals surface area contributed by atoms with E-state index in [4.69, 9.17) is 0 Å². The van der Waals surface area contributed by atoms with Gasteiger partial charge in [0.1, 0.15) is 17.7 Å². The van der Waals surface area contributed by atoms with Crippen LogP contribution in [0.3, 0.4) is 0 Å². The monoisotopic (exact) mass is 358 g/mol. The number of hydrogen-bond acceptors (Lipinski definition) is 2. The molecule has 6 heteroatoms. The summed E-state index contributed by atoms with van der Waals surface area (Å²) in [5.41, 5.74) is 1.35. The summed E-state index contributed by atoms with van der Waals surface area (Å²) in [6.45, 7) is 4.24. The lowest BCUT2D eigenvalue weighted by atomic mass is 10.0. The van der Waals surface area contributed by atoms with Crippen molar-refractivity contribution >= 4 is 17.5 Å². The van der Waals surface area contributed by atoms with E-state index in [-0.39, 0.29) is 17.5 Å². The second-order valence-corrected chi connectivity index (χ2v) is 6.85. The largest absolute Gasteiger partial charge is 0.322 e. The Balaban J connectivity index is 1.84. The second-order valence-electron chi connectivity index (χ2n) is 6.85. The average Bonchev–Trinajstić information content (AvgIpc) is 2.92. The number of anilines is 1. The summed E-state index contributed by atoms with van der Waals surface area (Å²) in [6.07, 6.45) is 0.439. The Morgan fingerprint density at radius 2 is 1.92 bits per heavy atom. The van der Waals surface area contributed by atoms with Crippen LogP contribution in [0.2, 0.25) is 0 Å². The minimum absolute atomic E-state index is 0.102. The smallest absolute Gasteiger partial charge is 0.255 e. The van der Waals surface area contributed by atoms with Crippen LogP contribution < -0.4 is 5.32 Å². The van der Waals surface area contributed by atoms with Crippen LogP contribution in [-0.2, 0) is 11.3 Å². The van der Waals surface area contributed by atoms with Crippen molar-refractivity contribution in [3.63, 3.8) is 0 Å². The fourth-order valence-corrected chi connectivity index (χ4v) is 3.16. The second kappa shape index (κ2) is 7.23. The van der Waals surface area contributed by atoms with Crippen molar-refractivity contribution in [2.45, 2.75) is 32.9 Å². The van der Waals surface area contributed by atoms with Gasteiger partial charge in [-0.05, 0) is 36.1 Å². The Morgan fingerprint density at radius 3 is 2.58 bits per heavy atom. The molecule has 0 aliphatic carbocycles. The minimum Gasteiger partial charge on any atom is -0.322 e. The molecule has 4 nitrogen and oxygen atoms in total. The number of rotatable bonds is 5. The van der Waals surface area contributed by atoms with Gasteiger partial charge in [0.2, 0.25) is 5.91 Å². The minimum atomic E-state index is -0.849. The van der Waals surface area contributed by atoms with Crippen LogP contribution in [0.15, 0.2) is 42.5 Å². The molecule has 26 heavy (non-hydrogen) atoms. The number of fused-ring (bicyclic) bond motifs is 1. The van der Waals surface area contributed by atoms with Crippen LogP contribution >= 0.6 is 0 Å². The molecule has 1 atom stereocenters. The number of carbonyl (C=O) groups excluding carboxylic acids is 2. The Bertz CT molecular complexity index is 851. The van der Waals surface area contributed by atoms with Gasteiger partial charge in [-0.15, -0.1) is 0 Å². The van der Waals surface area contributed by atoms with Crippen molar-refractivity contribution < 1.29 is 18.4 Å². The lowest BCUT2D eigenvalue weighted by Gasteiger charge is -2.28. The van der Waals surface area contributed by atoms with Crippen molar-refractivity contribution in [3.05, 3.63) is 65.2 Å². The normalized spacial score (nSPS) is 14.5. The van der Waals surface area contributed by atoms with Gasteiger partial charge in [-0.1, -0.05) is 32.0 Å². The van der Waals surface area contributed by atoms with Gasteiger partial charge in [-0.3, -0.25) is 9.59 Å². The van der Waals surface area contributed by atoms with E-state index in [0.29, 0.717) is 24.6 Å². The topological polar surface area (TPSA) is 49.4 Å². The number of amides is 2. The molecule has 0 fully saturated rings. The Hall–Kier alpha value is -2.76. The van der Waals surface area contributed by atoms with Crippen LogP contribution in [-0.4, -0.2) is 22.8 Å². The lowest BCUT2D eigenvalue weighted by molar-refractivity contribution is -0.121. The van der Waals surface area contributed by atoms with Crippen LogP contribution in [0.25, 0.3) is 0 Å². The highest BCUT2D eigenvalue weighted by atomic mass is 19.1. The predicted molar refractivity (Wildman–Crippen MR) is 94.5 cm³/mol. The maximum absolute atomic E-state index is 13.9. The Labute approximate surface area is 150 Å². The van der Waals surface area contributed by atoms with E-state index < -0.39 is 23.6 Å². The van der Waals surface area contributed by atoms with Crippen molar-refractivity contribution in [2.24, 2.45) is 5.92 Å². The van der Waals surface area contributed by atoms with Gasteiger partial charge in [0.25, 0.3) is 5.91 Å². The molecule has 0 saturated carbocycles. The maximum Gasteiger partial charge on any atom is 0.255 e. The zero-order valence-corrected chi connectivity index (χ0v) is 14.6. The molecule has 2 aromatic rings. The zero-order valence-electron chi connectivity index (χ0n) is 14.6. The number of carbonyl (C=O) groups is 2. The molecule has 1 aliphatic rings. The van der Waals surface area contributed by atoms with Crippen molar-refractivity contribution in [1.29, 1.82) is 0 Å². The third-order valence-electron chi connectivity index (χ3n) is 4.41. The van der Waals surface area contributed by atoms with Crippen molar-refractivity contribution in [1.82, 2.24) is 4.90 Å². The first kappa shape index (κ1) is 18.0. The first-order valence-corrected chi connectivity index (χ1v) is 8.51. The summed E-state index contributed by atoms with van der Waals surface area (Å²) in [7, 11) is 0. The van der Waals surface area contributed by atoms with E-state index in [1.54, 1.807) is 12.1 Å². The summed E-state index contributed by atoms with van der Waals surface area (Å²) in [5.74, 6) is -2.10. The van der Waals surface area contributed by atoms with Crippen LogP contribution in [0, 0.1) is 17.6 Å². The van der Waals surface area contributed by atoms with Crippen LogP contribution in [0.5, 0.6) is 0 Å². The highest BCUT2D eigenvalue weighted by molar-refractivity contribution is 6.03. The molecule has 1 heterocycles. The third kappa shape index (κ3) is 3.59. The molecule has 3 rings (SSSR count). The molecule has 1 N–H and O–H groups in total. The first-order valence-electron chi connectivity index (χ1n) is 8.51. The Morgan fingerprint density at radius 1 is 1.19 bits per heavy atom. The fourth-order valence-electron chi connectivity index (χ4n) is 3.16. The molecule has 0 bridgehead atoms. The molecular formula is C20H20F2N2O2. The number of halogens is 2. The maximum atomic E-state index is 13.9. The molecule has 1 aliphatic heterocycles. The number of benzene rings is 2. The first-order chi connectivity index (χ1) is 12.4. The summed E-state index contributed by atoms with van der Waals surface area (Å²) in [6, 6.07) is 9.46. The molecular weight excluding hydrogens is 338 g/mol. The van der Waals surface area contributed by atoms with E-state index in [9.17, 15) is 18.4 Å². The number of nitrogens with one attached hydrogen (secondary N) is 1. The summed E-state index contributed by atoms with van der Waals surface area (Å²) in [4.78, 5) is 27.0. The summed E-state index contributed by atoms with van der Waals surface area (Å²) < 4.78 is 26.9. The predicted octanol–water partition coefficient (Wildman–Crippen LogP) is 3.97. The summed E-state index contributed by atoms with van der Waals surface area (Å²) in [5, 5.41) is 2.49.